The van der Waals surface area contributed by atoms with Crippen LogP contribution in [-0.2, 0) is 4.79 Å². The van der Waals surface area contributed by atoms with Crippen LogP contribution in [0.1, 0.15) is 33.6 Å². The second-order valence-corrected chi connectivity index (χ2v) is 3.06. The van der Waals surface area contributed by atoms with Crippen molar-refractivity contribution >= 4 is 5.78 Å². The van der Waals surface area contributed by atoms with Crippen LogP contribution in [0.2, 0.25) is 0 Å². The van der Waals surface area contributed by atoms with Gasteiger partial charge < -0.3 is 5.73 Å². The molecule has 10 heavy (non-hydrogen) atoms. The van der Waals surface area contributed by atoms with Gasteiger partial charge >= 0.3 is 0 Å². The molecule has 0 aliphatic heterocycles. The molecule has 0 aliphatic rings. The Bertz CT molecular complexity index is 110. The summed E-state index contributed by atoms with van der Waals surface area (Å²) >= 11 is 0. The Morgan fingerprint density at radius 1 is 1.50 bits per heavy atom. The van der Waals surface area contributed by atoms with Crippen LogP contribution in [0.3, 0.4) is 0 Å². The van der Waals surface area contributed by atoms with Gasteiger partial charge in [-0.05, 0) is 12.3 Å². The van der Waals surface area contributed by atoms with Crippen LogP contribution < -0.4 is 5.73 Å². The average molecular weight is 143 g/mol. The maximum atomic E-state index is 10.9. The Balaban J connectivity index is 3.61. The molecule has 0 fully saturated rings. The molecule has 1 atom stereocenters. The van der Waals surface area contributed by atoms with Gasteiger partial charge in [0.25, 0.3) is 0 Å². The molecule has 0 bridgehead atoms. The number of ketones is 1. The molecule has 0 aromatic rings. The zero-order valence-electron chi connectivity index (χ0n) is 7.05. The molecule has 0 saturated carbocycles. The first-order valence-electron chi connectivity index (χ1n) is 3.86. The summed E-state index contributed by atoms with van der Waals surface area (Å²) in [6.07, 6.45) is 1.38. The normalized spacial score (nSPS) is 13.7. The van der Waals surface area contributed by atoms with E-state index >= 15 is 0 Å². The molecular weight excluding hydrogens is 126 g/mol. The molecule has 2 nitrogen and oxygen atoms in total. The molecule has 60 valence electrons. The lowest BCUT2D eigenvalue weighted by Gasteiger charge is -2.10. The predicted molar refractivity (Wildman–Crippen MR) is 42.7 cm³/mol. The van der Waals surface area contributed by atoms with E-state index in [0.29, 0.717) is 12.3 Å². The number of hydrogen-bond donors (Lipinski definition) is 1. The highest BCUT2D eigenvalue weighted by molar-refractivity contribution is 5.83. The topological polar surface area (TPSA) is 43.1 Å². The van der Waals surface area contributed by atoms with Gasteiger partial charge in [-0.1, -0.05) is 20.8 Å². The number of Topliss-reactive ketones (excluding diaryl/α,β-unsaturated/α-hetero) is 1. The molecule has 2 heteroatoms. The zero-order chi connectivity index (χ0) is 8.15. The molecule has 0 unspecified atom stereocenters. The maximum absolute atomic E-state index is 10.9. The van der Waals surface area contributed by atoms with E-state index in [1.54, 1.807) is 0 Å². The van der Waals surface area contributed by atoms with E-state index < -0.39 is 0 Å². The molecular formula is C8H17NO. The van der Waals surface area contributed by atoms with Gasteiger partial charge in [-0.15, -0.1) is 0 Å². The SMILES string of the molecule is CCC(=O)[C@@H](N)CC(C)C. The monoisotopic (exact) mass is 143 g/mol. The van der Waals surface area contributed by atoms with Crippen LogP contribution in [0, 0.1) is 5.92 Å². The lowest BCUT2D eigenvalue weighted by atomic mass is 10.0. The van der Waals surface area contributed by atoms with Gasteiger partial charge in [0.05, 0.1) is 6.04 Å². The number of nitrogens with two attached hydrogens (primary N) is 1. The molecule has 0 aliphatic carbocycles. The molecule has 0 amide bonds. The molecule has 2 N–H and O–H groups in total. The van der Waals surface area contributed by atoms with E-state index in [4.69, 9.17) is 5.73 Å². The van der Waals surface area contributed by atoms with Gasteiger partial charge in [-0.25, -0.2) is 0 Å². The second kappa shape index (κ2) is 4.45. The van der Waals surface area contributed by atoms with E-state index in [0.717, 1.165) is 6.42 Å². The first-order chi connectivity index (χ1) is 4.57. The summed E-state index contributed by atoms with van der Waals surface area (Å²) in [5, 5.41) is 0. The van der Waals surface area contributed by atoms with E-state index in [1.807, 2.05) is 6.92 Å². The molecule has 0 radical (unpaired) electrons. The summed E-state index contributed by atoms with van der Waals surface area (Å²) in [7, 11) is 0. The first kappa shape index (κ1) is 9.63. The van der Waals surface area contributed by atoms with Crippen molar-refractivity contribution in [1.29, 1.82) is 0 Å². The van der Waals surface area contributed by atoms with Crippen molar-refractivity contribution in [3.05, 3.63) is 0 Å². The highest BCUT2D eigenvalue weighted by Crippen LogP contribution is 2.04. The number of hydrogen-bond acceptors (Lipinski definition) is 2. The Hall–Kier alpha value is -0.370. The fraction of sp³-hybridized carbons (Fsp3) is 0.875. The highest BCUT2D eigenvalue weighted by Gasteiger charge is 2.11. The molecule has 0 rings (SSSR count). The van der Waals surface area contributed by atoms with Crippen molar-refractivity contribution < 1.29 is 4.79 Å². The minimum atomic E-state index is -0.231. The molecule has 0 heterocycles. The highest BCUT2D eigenvalue weighted by atomic mass is 16.1. The Labute approximate surface area is 62.8 Å². The van der Waals surface area contributed by atoms with Gasteiger partial charge in [0.15, 0.2) is 0 Å². The number of carbonyl (C=O) groups is 1. The van der Waals surface area contributed by atoms with Crippen LogP contribution in [0.15, 0.2) is 0 Å². The summed E-state index contributed by atoms with van der Waals surface area (Å²) < 4.78 is 0. The van der Waals surface area contributed by atoms with Crippen molar-refractivity contribution in [1.82, 2.24) is 0 Å². The van der Waals surface area contributed by atoms with Crippen LogP contribution in [0.4, 0.5) is 0 Å². The largest absolute Gasteiger partial charge is 0.322 e. The van der Waals surface area contributed by atoms with Crippen molar-refractivity contribution in [3.63, 3.8) is 0 Å². The fourth-order valence-electron chi connectivity index (χ4n) is 0.902. The fourth-order valence-corrected chi connectivity index (χ4v) is 0.902. The lowest BCUT2D eigenvalue weighted by Crippen LogP contribution is -2.31. The van der Waals surface area contributed by atoms with Crippen molar-refractivity contribution in [2.75, 3.05) is 0 Å². The standard InChI is InChI=1S/C8H17NO/c1-4-8(10)7(9)5-6(2)3/h6-7H,4-5,9H2,1-3H3/t7-/m0/s1. The zero-order valence-corrected chi connectivity index (χ0v) is 7.05. The minimum absolute atomic E-state index is 0.175. The third-order valence-corrected chi connectivity index (χ3v) is 1.49. The molecule has 0 spiro atoms. The van der Waals surface area contributed by atoms with Crippen LogP contribution in [-0.4, -0.2) is 11.8 Å². The van der Waals surface area contributed by atoms with E-state index in [1.165, 1.54) is 0 Å². The smallest absolute Gasteiger partial charge is 0.149 e. The summed E-state index contributed by atoms with van der Waals surface area (Å²) in [6.45, 7) is 5.99. The van der Waals surface area contributed by atoms with Crippen molar-refractivity contribution in [2.45, 2.75) is 39.7 Å². The number of carbonyl (C=O) groups excluding carboxylic acids is 1. The van der Waals surface area contributed by atoms with Gasteiger partial charge in [0.2, 0.25) is 0 Å². The summed E-state index contributed by atoms with van der Waals surface area (Å²) in [6, 6.07) is -0.231. The maximum Gasteiger partial charge on any atom is 0.149 e. The van der Waals surface area contributed by atoms with Crippen LogP contribution in [0.5, 0.6) is 0 Å². The molecule has 0 aromatic carbocycles. The first-order valence-corrected chi connectivity index (χ1v) is 3.86. The van der Waals surface area contributed by atoms with Crippen LogP contribution in [0.25, 0.3) is 0 Å². The van der Waals surface area contributed by atoms with Gasteiger partial charge in [-0.3, -0.25) is 4.79 Å². The van der Waals surface area contributed by atoms with Gasteiger partial charge in [0.1, 0.15) is 5.78 Å². The summed E-state index contributed by atoms with van der Waals surface area (Å²) in [5.74, 6) is 0.694. The quantitative estimate of drug-likeness (QED) is 0.645. The molecule has 0 aromatic heterocycles. The van der Waals surface area contributed by atoms with Crippen molar-refractivity contribution in [2.24, 2.45) is 11.7 Å². The van der Waals surface area contributed by atoms with Gasteiger partial charge in [0, 0.05) is 6.42 Å². The third kappa shape index (κ3) is 3.62. The molecule has 0 saturated heterocycles. The lowest BCUT2D eigenvalue weighted by molar-refractivity contribution is -0.120. The van der Waals surface area contributed by atoms with Crippen molar-refractivity contribution in [3.8, 4) is 0 Å². The average Bonchev–Trinajstić information content (AvgIpc) is 1.85. The van der Waals surface area contributed by atoms with E-state index in [2.05, 4.69) is 13.8 Å². The number of rotatable bonds is 4. The van der Waals surface area contributed by atoms with Crippen LogP contribution >= 0.6 is 0 Å². The summed E-state index contributed by atoms with van der Waals surface area (Å²) in [4.78, 5) is 10.9. The Kier molecular flexibility index (Phi) is 4.28. The van der Waals surface area contributed by atoms with E-state index in [-0.39, 0.29) is 11.8 Å². The second-order valence-electron chi connectivity index (χ2n) is 3.06. The van der Waals surface area contributed by atoms with Gasteiger partial charge in [-0.2, -0.15) is 0 Å². The minimum Gasteiger partial charge on any atom is -0.322 e. The Morgan fingerprint density at radius 3 is 2.30 bits per heavy atom. The van der Waals surface area contributed by atoms with E-state index in [9.17, 15) is 4.79 Å². The predicted octanol–water partition coefficient (Wildman–Crippen LogP) is 1.34. The third-order valence-electron chi connectivity index (χ3n) is 1.49. The summed E-state index contributed by atoms with van der Waals surface area (Å²) in [5.41, 5.74) is 5.58. The Morgan fingerprint density at radius 2 is 2.00 bits per heavy atom.